The Labute approximate surface area is 265 Å². The fourth-order valence-electron chi connectivity index (χ4n) is 6.41. The van der Waals surface area contributed by atoms with Gasteiger partial charge in [0.1, 0.15) is 0 Å². The van der Waals surface area contributed by atoms with E-state index >= 15 is 0 Å². The third-order valence-electron chi connectivity index (χ3n) is 8.24. The van der Waals surface area contributed by atoms with E-state index in [0.29, 0.717) is 46.2 Å². The lowest BCUT2D eigenvalue weighted by Crippen LogP contribution is -2.43. The number of rotatable bonds is 6. The van der Waals surface area contributed by atoms with Crippen molar-refractivity contribution in [1.29, 1.82) is 0 Å². The van der Waals surface area contributed by atoms with Crippen LogP contribution in [0.5, 0.6) is 11.5 Å². The van der Waals surface area contributed by atoms with Crippen molar-refractivity contribution in [3.8, 4) is 11.5 Å². The number of nitrogens with one attached hydrogen (secondary N) is 1. The third kappa shape index (κ3) is 5.97. The average Bonchev–Trinajstić information content (AvgIpc) is 2.89. The lowest BCUT2D eigenvalue weighted by atomic mass is 9.64. The zero-order valence-electron chi connectivity index (χ0n) is 24.8. The highest BCUT2D eigenvalue weighted by atomic mass is 127. The van der Waals surface area contributed by atoms with E-state index < -0.39 is 5.92 Å². The first-order valence-electron chi connectivity index (χ1n) is 14.0. The van der Waals surface area contributed by atoms with Crippen LogP contribution in [0.2, 0.25) is 5.02 Å². The Balaban J connectivity index is 1.53. The van der Waals surface area contributed by atoms with Crippen LogP contribution in [0.25, 0.3) is 0 Å². The first-order chi connectivity index (χ1) is 19.7. The Morgan fingerprint density at radius 1 is 0.976 bits per heavy atom. The van der Waals surface area contributed by atoms with Crippen molar-refractivity contribution >= 4 is 57.4 Å². The molecule has 0 bridgehead atoms. The molecule has 1 heterocycles. The molecule has 5 rings (SSSR count). The summed E-state index contributed by atoms with van der Waals surface area (Å²) in [4.78, 5) is 42.4. The highest BCUT2D eigenvalue weighted by molar-refractivity contribution is 14.1. The maximum atomic E-state index is 13.8. The molecule has 0 spiro atoms. The van der Waals surface area contributed by atoms with Crippen LogP contribution in [0.4, 0.5) is 5.69 Å². The molecule has 222 valence electrons. The van der Waals surface area contributed by atoms with Gasteiger partial charge in [0.25, 0.3) is 5.91 Å². The third-order valence-corrected chi connectivity index (χ3v) is 9.29. The summed E-state index contributed by atoms with van der Waals surface area (Å²) in [7, 11) is 3.54. The molecule has 0 radical (unpaired) electrons. The Morgan fingerprint density at radius 2 is 1.52 bits per heavy atom. The number of hydrogen-bond acceptors (Lipinski definition) is 6. The van der Waals surface area contributed by atoms with Crippen molar-refractivity contribution in [3.05, 3.63) is 73.1 Å². The largest absolute Gasteiger partial charge is 0.493 e. The number of hydrogen-bond donors (Lipinski definition) is 1. The summed E-state index contributed by atoms with van der Waals surface area (Å²) in [5.41, 5.74) is 4.49. The molecule has 2 aromatic rings. The van der Waals surface area contributed by atoms with Gasteiger partial charge in [-0.1, -0.05) is 39.3 Å². The number of carbonyl (C=O) groups excluding carboxylic acids is 3. The lowest BCUT2D eigenvalue weighted by molar-refractivity contribution is -0.120. The molecule has 0 fully saturated rings. The van der Waals surface area contributed by atoms with Crippen LogP contribution in [0.15, 0.2) is 58.9 Å². The Morgan fingerprint density at radius 3 is 2.05 bits per heavy atom. The SMILES string of the molecule is COc1cc(C2C3=C(CC(C)(C)CC3=O)N(C)C3=C2C(=O)CC(C)(C)C3)cc(I)c1OCC(=O)Nc1ccc(Cl)cc1. The van der Waals surface area contributed by atoms with E-state index in [4.69, 9.17) is 21.1 Å². The molecule has 0 saturated heterocycles. The fraction of sp³-hybridized carbons (Fsp3) is 0.424. The molecule has 2 aromatic carbocycles. The number of allylic oxidation sites excluding steroid dienone is 4. The molecule has 42 heavy (non-hydrogen) atoms. The summed E-state index contributed by atoms with van der Waals surface area (Å²) in [5, 5.41) is 3.37. The number of nitrogens with zero attached hydrogens (tertiary/aromatic N) is 1. The normalized spacial score (nSPS) is 19.9. The molecule has 1 aliphatic heterocycles. The predicted octanol–water partition coefficient (Wildman–Crippen LogP) is 7.29. The van der Waals surface area contributed by atoms with Crippen molar-refractivity contribution in [2.75, 3.05) is 26.1 Å². The monoisotopic (exact) mass is 702 g/mol. The molecule has 0 atom stereocenters. The molecular formula is C33H36ClIN2O5. The van der Waals surface area contributed by atoms with Crippen LogP contribution in [0.3, 0.4) is 0 Å². The van der Waals surface area contributed by atoms with Crippen molar-refractivity contribution in [1.82, 2.24) is 4.90 Å². The summed E-state index contributed by atoms with van der Waals surface area (Å²) in [6, 6.07) is 10.6. The second-order valence-corrected chi connectivity index (χ2v) is 14.6. The van der Waals surface area contributed by atoms with Crippen LogP contribution in [-0.4, -0.2) is 43.1 Å². The maximum absolute atomic E-state index is 13.8. The van der Waals surface area contributed by atoms with Gasteiger partial charge in [-0.05, 0) is 88.2 Å². The van der Waals surface area contributed by atoms with E-state index in [2.05, 4.69) is 60.5 Å². The van der Waals surface area contributed by atoms with Gasteiger partial charge in [-0.2, -0.15) is 0 Å². The van der Waals surface area contributed by atoms with Gasteiger partial charge < -0.3 is 19.7 Å². The molecule has 1 N–H and O–H groups in total. The van der Waals surface area contributed by atoms with Gasteiger partial charge in [0.2, 0.25) is 0 Å². The predicted molar refractivity (Wildman–Crippen MR) is 172 cm³/mol. The Hall–Kier alpha value is -2.85. The number of ether oxygens (including phenoxy) is 2. The van der Waals surface area contributed by atoms with Crippen LogP contribution >= 0.6 is 34.2 Å². The standard InChI is InChI=1S/C33H36ClIN2O5/c1-32(2)13-22-29(24(38)15-32)28(30-23(37(22)5)14-33(3,4)16-25(30)39)18-11-21(35)31(26(12-18)41-6)42-17-27(40)36-20-9-7-19(34)8-10-20/h7-12,28H,13-17H2,1-6H3,(H,36,40). The summed E-state index contributed by atoms with van der Waals surface area (Å²) >= 11 is 8.10. The summed E-state index contributed by atoms with van der Waals surface area (Å²) < 4.78 is 12.4. The Bertz CT molecular complexity index is 1490. The number of halogens is 2. The summed E-state index contributed by atoms with van der Waals surface area (Å²) in [6.45, 7) is 8.27. The number of benzene rings is 2. The van der Waals surface area contributed by atoms with Gasteiger partial charge >= 0.3 is 0 Å². The topological polar surface area (TPSA) is 84.9 Å². The van der Waals surface area contributed by atoms with Crippen LogP contribution in [-0.2, 0) is 14.4 Å². The molecule has 0 unspecified atom stereocenters. The summed E-state index contributed by atoms with van der Waals surface area (Å²) in [5.74, 6) is 0.210. The van der Waals surface area contributed by atoms with Gasteiger partial charge in [0.15, 0.2) is 29.7 Å². The quantitative estimate of drug-likeness (QED) is 0.319. The van der Waals surface area contributed by atoms with Crippen LogP contribution in [0.1, 0.15) is 64.9 Å². The molecule has 9 heteroatoms. The van der Waals surface area contributed by atoms with Gasteiger partial charge in [-0.15, -0.1) is 0 Å². The minimum absolute atomic E-state index is 0.0791. The smallest absolute Gasteiger partial charge is 0.262 e. The van der Waals surface area contributed by atoms with E-state index in [9.17, 15) is 14.4 Å². The molecule has 0 aromatic heterocycles. The molecular weight excluding hydrogens is 667 g/mol. The number of carbonyl (C=O) groups is 3. The first kappa shape index (κ1) is 30.6. The minimum atomic E-state index is -0.483. The van der Waals surface area contributed by atoms with Crippen molar-refractivity contribution in [3.63, 3.8) is 0 Å². The van der Waals surface area contributed by atoms with Crippen LogP contribution in [0, 0.1) is 14.4 Å². The van der Waals surface area contributed by atoms with E-state index in [0.717, 1.165) is 33.4 Å². The summed E-state index contributed by atoms with van der Waals surface area (Å²) in [6.07, 6.45) is 2.36. The van der Waals surface area contributed by atoms with Crippen molar-refractivity contribution < 1.29 is 23.9 Å². The van der Waals surface area contributed by atoms with E-state index in [1.165, 1.54) is 0 Å². The van der Waals surface area contributed by atoms with E-state index in [1.54, 1.807) is 31.4 Å². The molecule has 2 aliphatic carbocycles. The molecule has 0 saturated carbocycles. The van der Waals surface area contributed by atoms with E-state index in [1.807, 2.05) is 19.2 Å². The van der Waals surface area contributed by atoms with Gasteiger partial charge in [0, 0.05) is 59.1 Å². The highest BCUT2D eigenvalue weighted by Crippen LogP contribution is 2.54. The zero-order valence-corrected chi connectivity index (χ0v) is 27.7. The number of methoxy groups -OCH3 is 1. The van der Waals surface area contributed by atoms with Gasteiger partial charge in [-0.3, -0.25) is 14.4 Å². The van der Waals surface area contributed by atoms with Crippen LogP contribution < -0.4 is 14.8 Å². The number of amides is 1. The molecule has 3 aliphatic rings. The highest BCUT2D eigenvalue weighted by Gasteiger charge is 2.48. The number of Topliss-reactive ketones (excluding diaryl/α,β-unsaturated/α-hetero) is 2. The fourth-order valence-corrected chi connectivity index (χ4v) is 7.32. The lowest BCUT2D eigenvalue weighted by Gasteiger charge is -2.48. The number of ketones is 2. The zero-order chi connectivity index (χ0) is 30.6. The Kier molecular flexibility index (Phi) is 8.26. The average molecular weight is 703 g/mol. The van der Waals surface area contributed by atoms with Crippen molar-refractivity contribution in [2.24, 2.45) is 10.8 Å². The molecule has 7 nitrogen and oxygen atoms in total. The van der Waals surface area contributed by atoms with E-state index in [-0.39, 0.29) is 34.9 Å². The van der Waals surface area contributed by atoms with Crippen molar-refractivity contribution in [2.45, 2.75) is 59.3 Å². The van der Waals surface area contributed by atoms with Gasteiger partial charge in [-0.25, -0.2) is 0 Å². The first-order valence-corrected chi connectivity index (χ1v) is 15.5. The second kappa shape index (κ2) is 11.3. The maximum Gasteiger partial charge on any atom is 0.262 e. The minimum Gasteiger partial charge on any atom is -0.493 e. The second-order valence-electron chi connectivity index (χ2n) is 13.0. The van der Waals surface area contributed by atoms with Gasteiger partial charge in [0.05, 0.1) is 10.7 Å². The number of anilines is 1. The molecule has 1 amide bonds.